The molecule has 1 saturated carbocycles. The molecule has 0 spiro atoms. The number of nitro groups is 1. The second-order valence-electron chi connectivity index (χ2n) is 4.66. The molecule has 8 nitrogen and oxygen atoms in total. The van der Waals surface area contributed by atoms with E-state index >= 15 is 0 Å². The van der Waals surface area contributed by atoms with Crippen LogP contribution in [0.4, 0.5) is 11.5 Å². The molecule has 1 fully saturated rings. The Morgan fingerprint density at radius 3 is 2.90 bits per heavy atom. The summed E-state index contributed by atoms with van der Waals surface area (Å²) < 4.78 is 5.25. The van der Waals surface area contributed by atoms with E-state index < -0.39 is 16.6 Å². The highest BCUT2D eigenvalue weighted by Gasteiger charge is 2.26. The van der Waals surface area contributed by atoms with Crippen molar-refractivity contribution < 1.29 is 19.6 Å². The summed E-state index contributed by atoms with van der Waals surface area (Å²) in [6, 6.07) is 1.33. The normalized spacial score (nSPS) is 21.6. The van der Waals surface area contributed by atoms with Gasteiger partial charge in [-0.05, 0) is 19.3 Å². The number of carbonyl (C=O) groups is 1. The highest BCUT2D eigenvalue weighted by molar-refractivity contribution is 5.93. The van der Waals surface area contributed by atoms with Crippen LogP contribution in [0.25, 0.3) is 0 Å². The lowest BCUT2D eigenvalue weighted by molar-refractivity contribution is -0.385. The van der Waals surface area contributed by atoms with E-state index in [1.54, 1.807) is 7.11 Å². The monoisotopic (exact) mass is 281 g/mol. The van der Waals surface area contributed by atoms with Crippen LogP contribution in [0, 0.1) is 10.1 Å². The summed E-state index contributed by atoms with van der Waals surface area (Å²) in [6.07, 6.45) is 3.77. The first-order valence-electron chi connectivity index (χ1n) is 6.18. The molecule has 2 N–H and O–H groups in total. The number of rotatable bonds is 5. The van der Waals surface area contributed by atoms with Crippen LogP contribution in [0.15, 0.2) is 12.3 Å². The largest absolute Gasteiger partial charge is 0.477 e. The number of aromatic carboxylic acids is 1. The van der Waals surface area contributed by atoms with Crippen LogP contribution in [0.2, 0.25) is 0 Å². The molecule has 0 aliphatic heterocycles. The zero-order valence-electron chi connectivity index (χ0n) is 10.9. The minimum absolute atomic E-state index is 0.135. The highest BCUT2D eigenvalue weighted by Crippen LogP contribution is 2.26. The molecule has 108 valence electrons. The average molecular weight is 281 g/mol. The number of pyridine rings is 1. The third-order valence-corrected chi connectivity index (χ3v) is 3.38. The number of hydrogen-bond donors (Lipinski definition) is 2. The Kier molecular flexibility index (Phi) is 4.14. The first-order valence-corrected chi connectivity index (χ1v) is 6.18. The Balaban J connectivity index is 2.15. The maximum Gasteiger partial charge on any atom is 0.342 e. The second-order valence-corrected chi connectivity index (χ2v) is 4.66. The quantitative estimate of drug-likeness (QED) is 0.623. The van der Waals surface area contributed by atoms with Crippen LogP contribution in [-0.2, 0) is 4.74 Å². The zero-order valence-corrected chi connectivity index (χ0v) is 10.9. The molecule has 0 amide bonds. The first-order chi connectivity index (χ1) is 9.51. The third kappa shape index (κ3) is 3.02. The van der Waals surface area contributed by atoms with Gasteiger partial charge in [0.05, 0.1) is 11.0 Å². The fourth-order valence-electron chi connectivity index (χ4n) is 2.34. The molecule has 0 saturated heterocycles. The van der Waals surface area contributed by atoms with E-state index in [1.165, 1.54) is 6.07 Å². The van der Waals surface area contributed by atoms with Crippen LogP contribution >= 0.6 is 0 Å². The number of anilines is 1. The topological polar surface area (TPSA) is 115 Å². The number of methoxy groups -OCH3 is 1. The molecule has 0 radical (unpaired) electrons. The van der Waals surface area contributed by atoms with Gasteiger partial charge in [-0.25, -0.2) is 9.78 Å². The van der Waals surface area contributed by atoms with Crippen molar-refractivity contribution in [3.63, 3.8) is 0 Å². The maximum atomic E-state index is 11.0. The van der Waals surface area contributed by atoms with Gasteiger partial charge in [0, 0.05) is 19.2 Å². The predicted molar refractivity (Wildman–Crippen MR) is 69.9 cm³/mol. The molecule has 1 heterocycles. The van der Waals surface area contributed by atoms with Gasteiger partial charge in [-0.3, -0.25) is 10.1 Å². The van der Waals surface area contributed by atoms with Gasteiger partial charge in [-0.1, -0.05) is 0 Å². The molecule has 2 rings (SSSR count). The van der Waals surface area contributed by atoms with Crippen molar-refractivity contribution >= 4 is 17.5 Å². The van der Waals surface area contributed by atoms with Crippen LogP contribution in [0.5, 0.6) is 0 Å². The van der Waals surface area contributed by atoms with Gasteiger partial charge < -0.3 is 15.2 Å². The van der Waals surface area contributed by atoms with E-state index in [4.69, 9.17) is 9.84 Å². The molecule has 1 aromatic rings. The average Bonchev–Trinajstić information content (AvgIpc) is 2.86. The van der Waals surface area contributed by atoms with Crippen LogP contribution in [0.1, 0.15) is 29.6 Å². The van der Waals surface area contributed by atoms with Gasteiger partial charge in [0.2, 0.25) is 0 Å². The summed E-state index contributed by atoms with van der Waals surface area (Å²) in [5, 5.41) is 22.8. The molecule has 1 aliphatic carbocycles. The number of nitrogens with zero attached hydrogens (tertiary/aromatic N) is 2. The van der Waals surface area contributed by atoms with Gasteiger partial charge in [0.15, 0.2) is 0 Å². The number of aromatic nitrogens is 1. The van der Waals surface area contributed by atoms with Crippen molar-refractivity contribution in [2.45, 2.75) is 31.4 Å². The molecular formula is C12H15N3O5. The van der Waals surface area contributed by atoms with Gasteiger partial charge in [-0.2, -0.15) is 0 Å². The number of carboxylic acids is 1. The lowest BCUT2D eigenvalue weighted by Gasteiger charge is -2.13. The molecular weight excluding hydrogens is 266 g/mol. The fraction of sp³-hybridized carbons (Fsp3) is 0.500. The Morgan fingerprint density at radius 2 is 2.35 bits per heavy atom. The summed E-state index contributed by atoms with van der Waals surface area (Å²) in [7, 11) is 1.65. The van der Waals surface area contributed by atoms with E-state index in [0.29, 0.717) is 5.82 Å². The van der Waals surface area contributed by atoms with Crippen LogP contribution in [0.3, 0.4) is 0 Å². The molecule has 0 bridgehead atoms. The highest BCUT2D eigenvalue weighted by atomic mass is 16.6. The predicted octanol–water partition coefficient (Wildman–Crippen LogP) is 1.67. The molecule has 8 heteroatoms. The SMILES string of the molecule is COC1CCC(Nc2cc(C(=O)O)c([N+](=O)[O-])cn2)C1. The second kappa shape index (κ2) is 5.83. The number of hydrogen-bond acceptors (Lipinski definition) is 6. The molecule has 2 unspecified atom stereocenters. The minimum Gasteiger partial charge on any atom is -0.477 e. The number of carboxylic acid groups (broad SMARTS) is 1. The van der Waals surface area contributed by atoms with E-state index in [2.05, 4.69) is 10.3 Å². The lowest BCUT2D eigenvalue weighted by Crippen LogP contribution is -2.18. The van der Waals surface area contributed by atoms with E-state index in [-0.39, 0.29) is 17.7 Å². The first kappa shape index (κ1) is 14.2. The Hall–Kier alpha value is -2.22. The van der Waals surface area contributed by atoms with Crippen molar-refractivity contribution in [3.05, 3.63) is 27.9 Å². The van der Waals surface area contributed by atoms with E-state index in [1.807, 2.05) is 0 Å². The Morgan fingerprint density at radius 1 is 1.60 bits per heavy atom. The van der Waals surface area contributed by atoms with Crippen LogP contribution in [-0.4, -0.2) is 40.2 Å². The van der Waals surface area contributed by atoms with Crippen molar-refractivity contribution in [1.29, 1.82) is 0 Å². The number of ether oxygens (including phenoxy) is 1. The van der Waals surface area contributed by atoms with Crippen molar-refractivity contribution in [3.8, 4) is 0 Å². The molecule has 0 aromatic carbocycles. The van der Waals surface area contributed by atoms with Gasteiger partial charge in [-0.15, -0.1) is 0 Å². The summed E-state index contributed by atoms with van der Waals surface area (Å²) in [5.41, 5.74) is -0.877. The molecule has 20 heavy (non-hydrogen) atoms. The third-order valence-electron chi connectivity index (χ3n) is 3.38. The Bertz CT molecular complexity index is 534. The molecule has 2 atom stereocenters. The minimum atomic E-state index is -1.34. The lowest BCUT2D eigenvalue weighted by atomic mass is 10.2. The van der Waals surface area contributed by atoms with Gasteiger partial charge in [0.1, 0.15) is 17.6 Å². The maximum absolute atomic E-state index is 11.0. The smallest absolute Gasteiger partial charge is 0.342 e. The summed E-state index contributed by atoms with van der Waals surface area (Å²) >= 11 is 0. The summed E-state index contributed by atoms with van der Waals surface area (Å²) in [4.78, 5) is 24.9. The number of nitrogens with one attached hydrogen (secondary N) is 1. The fourth-order valence-corrected chi connectivity index (χ4v) is 2.34. The molecule has 1 aliphatic rings. The van der Waals surface area contributed by atoms with Crippen molar-refractivity contribution in [2.24, 2.45) is 0 Å². The van der Waals surface area contributed by atoms with Crippen molar-refractivity contribution in [2.75, 3.05) is 12.4 Å². The summed E-state index contributed by atoms with van der Waals surface area (Å²) in [5.74, 6) is -1.02. The van der Waals surface area contributed by atoms with E-state index in [9.17, 15) is 14.9 Å². The Labute approximate surface area is 114 Å². The van der Waals surface area contributed by atoms with Crippen molar-refractivity contribution in [1.82, 2.24) is 4.98 Å². The summed E-state index contributed by atoms with van der Waals surface area (Å²) in [6.45, 7) is 0. The molecule has 1 aromatic heterocycles. The zero-order chi connectivity index (χ0) is 14.7. The van der Waals surface area contributed by atoms with Gasteiger partial charge in [0.25, 0.3) is 0 Å². The standard InChI is InChI=1S/C12H15N3O5/c1-20-8-3-2-7(4-8)14-11-5-9(12(16)17)10(6-13-11)15(18)19/h5-8H,2-4H2,1H3,(H,13,14)(H,16,17). The van der Waals surface area contributed by atoms with Crippen LogP contribution < -0.4 is 5.32 Å². The van der Waals surface area contributed by atoms with Gasteiger partial charge >= 0.3 is 11.7 Å². The van der Waals surface area contributed by atoms with E-state index in [0.717, 1.165) is 25.5 Å².